The molecule has 0 spiro atoms. The predicted molar refractivity (Wildman–Crippen MR) is 88.1 cm³/mol. The summed E-state index contributed by atoms with van der Waals surface area (Å²) in [6, 6.07) is 6.98. The number of aromatic hydroxyl groups is 1. The summed E-state index contributed by atoms with van der Waals surface area (Å²) in [7, 11) is 1.93. The largest absolute Gasteiger partial charge is 0.508 e. The molecular formula is C15H14ClN3OS. The topological polar surface area (TPSA) is 49.2 Å². The number of hydrogen-bond donors (Lipinski definition) is 1. The Labute approximate surface area is 131 Å². The molecule has 0 saturated carbocycles. The Morgan fingerprint density at radius 3 is 2.48 bits per heavy atom. The molecule has 0 atom stereocenters. The maximum absolute atomic E-state index is 9.41. The second-order valence-corrected chi connectivity index (χ2v) is 6.40. The van der Waals surface area contributed by atoms with Crippen LogP contribution in [0.3, 0.4) is 0 Å². The average Bonchev–Trinajstić information content (AvgIpc) is 2.73. The summed E-state index contributed by atoms with van der Waals surface area (Å²) >= 11 is 7.68. The van der Waals surface area contributed by atoms with Gasteiger partial charge < -0.3 is 10.0 Å². The third-order valence-electron chi connectivity index (χ3n) is 3.54. The lowest BCUT2D eigenvalue weighted by molar-refractivity contribution is 0.475. The van der Waals surface area contributed by atoms with Gasteiger partial charge in [0.25, 0.3) is 0 Å². The summed E-state index contributed by atoms with van der Waals surface area (Å²) in [5.41, 5.74) is 2.10. The number of aryl methyl sites for hydroxylation is 2. The molecule has 0 bridgehead atoms. The van der Waals surface area contributed by atoms with Gasteiger partial charge in [-0.05, 0) is 55.3 Å². The van der Waals surface area contributed by atoms with Crippen molar-refractivity contribution in [2.24, 2.45) is 0 Å². The van der Waals surface area contributed by atoms with E-state index in [9.17, 15) is 5.11 Å². The first-order valence-corrected chi connectivity index (χ1v) is 7.63. The van der Waals surface area contributed by atoms with Crippen molar-refractivity contribution in [1.82, 2.24) is 9.97 Å². The first kappa shape index (κ1) is 14.1. The number of phenolic OH excluding ortho intramolecular Hbond substituents is 1. The van der Waals surface area contributed by atoms with Gasteiger partial charge in [0.05, 0.1) is 5.39 Å². The van der Waals surface area contributed by atoms with Gasteiger partial charge in [0.2, 0.25) is 5.28 Å². The molecule has 21 heavy (non-hydrogen) atoms. The van der Waals surface area contributed by atoms with E-state index in [1.54, 1.807) is 23.5 Å². The minimum Gasteiger partial charge on any atom is -0.508 e. The fourth-order valence-electron chi connectivity index (χ4n) is 2.24. The van der Waals surface area contributed by atoms with Crippen molar-refractivity contribution < 1.29 is 5.11 Å². The molecule has 0 fully saturated rings. The van der Waals surface area contributed by atoms with Crippen molar-refractivity contribution >= 4 is 44.7 Å². The molecule has 0 unspecified atom stereocenters. The van der Waals surface area contributed by atoms with Crippen LogP contribution in [0.15, 0.2) is 24.3 Å². The highest BCUT2D eigenvalue weighted by Gasteiger charge is 2.17. The van der Waals surface area contributed by atoms with Crippen LogP contribution in [0.1, 0.15) is 10.4 Å². The van der Waals surface area contributed by atoms with E-state index in [4.69, 9.17) is 11.6 Å². The zero-order valence-corrected chi connectivity index (χ0v) is 13.5. The van der Waals surface area contributed by atoms with Gasteiger partial charge in [-0.25, -0.2) is 4.98 Å². The predicted octanol–water partition coefficient (Wildman–Crippen LogP) is 4.44. The molecule has 2 aromatic heterocycles. The highest BCUT2D eigenvalue weighted by atomic mass is 35.5. The summed E-state index contributed by atoms with van der Waals surface area (Å²) in [5.74, 6) is 1.01. The summed E-state index contributed by atoms with van der Waals surface area (Å²) in [6.07, 6.45) is 0. The first-order valence-electron chi connectivity index (χ1n) is 6.43. The maximum atomic E-state index is 9.41. The van der Waals surface area contributed by atoms with Crippen molar-refractivity contribution in [3.05, 3.63) is 40.0 Å². The van der Waals surface area contributed by atoms with Crippen molar-refractivity contribution in [2.45, 2.75) is 13.8 Å². The number of thiophene rings is 1. The normalized spacial score (nSPS) is 11.0. The monoisotopic (exact) mass is 319 g/mol. The SMILES string of the molecule is Cc1sc2nc(Cl)nc(N(C)c3ccc(O)cc3)c2c1C. The second-order valence-electron chi connectivity index (χ2n) is 4.86. The highest BCUT2D eigenvalue weighted by molar-refractivity contribution is 7.18. The summed E-state index contributed by atoms with van der Waals surface area (Å²) < 4.78 is 0. The highest BCUT2D eigenvalue weighted by Crippen LogP contribution is 2.37. The van der Waals surface area contributed by atoms with E-state index in [-0.39, 0.29) is 11.0 Å². The fraction of sp³-hybridized carbons (Fsp3) is 0.200. The lowest BCUT2D eigenvalue weighted by Crippen LogP contribution is -2.12. The molecule has 6 heteroatoms. The van der Waals surface area contributed by atoms with Crippen molar-refractivity contribution in [2.75, 3.05) is 11.9 Å². The number of nitrogens with zero attached hydrogens (tertiary/aromatic N) is 3. The minimum absolute atomic E-state index is 0.237. The lowest BCUT2D eigenvalue weighted by atomic mass is 10.2. The van der Waals surface area contributed by atoms with Crippen LogP contribution in [-0.2, 0) is 0 Å². The van der Waals surface area contributed by atoms with E-state index in [0.29, 0.717) is 0 Å². The number of rotatable bonds is 2. The van der Waals surface area contributed by atoms with Crippen molar-refractivity contribution in [1.29, 1.82) is 0 Å². The molecule has 4 nitrogen and oxygen atoms in total. The van der Waals surface area contributed by atoms with Crippen molar-refractivity contribution in [3.8, 4) is 5.75 Å². The summed E-state index contributed by atoms with van der Waals surface area (Å²) in [6.45, 7) is 4.14. The first-order chi connectivity index (χ1) is 9.97. The Morgan fingerprint density at radius 2 is 1.81 bits per heavy atom. The van der Waals surface area contributed by atoms with Crippen LogP contribution in [0.4, 0.5) is 11.5 Å². The van der Waals surface area contributed by atoms with Gasteiger partial charge in [0, 0.05) is 17.6 Å². The molecule has 3 rings (SSSR count). The summed E-state index contributed by atoms with van der Waals surface area (Å²) in [4.78, 5) is 12.8. The van der Waals surface area contributed by atoms with Crippen LogP contribution in [0.5, 0.6) is 5.75 Å². The molecule has 0 radical (unpaired) electrons. The third kappa shape index (κ3) is 2.43. The van der Waals surface area contributed by atoms with Gasteiger partial charge in [0.1, 0.15) is 16.4 Å². The Balaban J connectivity index is 2.21. The van der Waals surface area contributed by atoms with Gasteiger partial charge in [-0.15, -0.1) is 11.3 Å². The standard InChI is InChI=1S/C15H14ClN3OS/c1-8-9(2)21-14-12(8)13(17-15(16)18-14)19(3)10-4-6-11(20)7-5-10/h4-7,20H,1-3H3. The molecule has 1 N–H and O–H groups in total. The van der Waals surface area contributed by atoms with Gasteiger partial charge in [-0.1, -0.05) is 0 Å². The van der Waals surface area contributed by atoms with Crippen molar-refractivity contribution in [3.63, 3.8) is 0 Å². The number of aromatic nitrogens is 2. The van der Waals surface area contributed by atoms with E-state index in [1.807, 2.05) is 24.1 Å². The molecule has 0 aliphatic carbocycles. The van der Waals surface area contributed by atoms with Crippen LogP contribution in [0.25, 0.3) is 10.2 Å². The summed E-state index contributed by atoms with van der Waals surface area (Å²) in [5, 5.41) is 10.7. The molecule has 108 valence electrons. The number of anilines is 2. The number of hydrogen-bond acceptors (Lipinski definition) is 5. The zero-order chi connectivity index (χ0) is 15.1. The van der Waals surface area contributed by atoms with E-state index >= 15 is 0 Å². The fourth-order valence-corrected chi connectivity index (χ4v) is 3.48. The Morgan fingerprint density at radius 1 is 1.14 bits per heavy atom. The molecule has 0 saturated heterocycles. The van der Waals surface area contributed by atoms with E-state index in [0.717, 1.165) is 21.7 Å². The van der Waals surface area contributed by atoms with E-state index in [1.165, 1.54) is 10.4 Å². The van der Waals surface area contributed by atoms with Gasteiger partial charge in [-0.3, -0.25) is 0 Å². The number of phenols is 1. The minimum atomic E-state index is 0.237. The Hall–Kier alpha value is -1.85. The van der Waals surface area contributed by atoms with Crippen LogP contribution in [0.2, 0.25) is 5.28 Å². The van der Waals surface area contributed by atoms with Crippen LogP contribution in [0, 0.1) is 13.8 Å². The second kappa shape index (κ2) is 5.16. The Kier molecular flexibility index (Phi) is 3.47. The van der Waals surface area contributed by atoms with Gasteiger partial charge in [-0.2, -0.15) is 4.98 Å². The molecule has 2 heterocycles. The number of benzene rings is 1. The average molecular weight is 320 g/mol. The number of fused-ring (bicyclic) bond motifs is 1. The van der Waals surface area contributed by atoms with Gasteiger partial charge >= 0.3 is 0 Å². The zero-order valence-electron chi connectivity index (χ0n) is 11.9. The Bertz CT molecular complexity index is 814. The van der Waals surface area contributed by atoms with Gasteiger partial charge in [0.15, 0.2) is 0 Å². The smallest absolute Gasteiger partial charge is 0.225 e. The third-order valence-corrected chi connectivity index (χ3v) is 4.81. The molecular weight excluding hydrogens is 306 g/mol. The molecule has 3 aromatic rings. The van der Waals surface area contributed by atoms with Crippen LogP contribution >= 0.6 is 22.9 Å². The molecule has 0 amide bonds. The molecule has 0 aliphatic heterocycles. The van der Waals surface area contributed by atoms with E-state index in [2.05, 4.69) is 23.8 Å². The molecule has 0 aliphatic rings. The van der Waals surface area contributed by atoms with E-state index < -0.39 is 0 Å². The van der Waals surface area contributed by atoms with Crippen LogP contribution < -0.4 is 4.90 Å². The quantitative estimate of drug-likeness (QED) is 0.710. The lowest BCUT2D eigenvalue weighted by Gasteiger charge is -2.19. The number of halogens is 1. The maximum Gasteiger partial charge on any atom is 0.225 e. The van der Waals surface area contributed by atoms with Crippen LogP contribution in [-0.4, -0.2) is 22.1 Å². The molecule has 1 aromatic carbocycles.